The summed E-state index contributed by atoms with van der Waals surface area (Å²) >= 11 is 0. The first-order valence-electron chi connectivity index (χ1n) is 0. The molecule has 0 amide bonds. The summed E-state index contributed by atoms with van der Waals surface area (Å²) in [5, 5.41) is 0. The van der Waals surface area contributed by atoms with E-state index in [1.54, 1.807) is 0 Å². The monoisotopic (exact) mass is 577 g/mol. The first-order chi connectivity index (χ1) is 0. The second-order valence-corrected chi connectivity index (χ2v) is 0. The van der Waals surface area contributed by atoms with Crippen molar-refractivity contribution in [1.82, 2.24) is 0 Å². The third-order valence-corrected chi connectivity index (χ3v) is 0. The van der Waals surface area contributed by atoms with Crippen LogP contribution in [0.1, 0.15) is 0 Å². The summed E-state index contributed by atoms with van der Waals surface area (Å²) < 4.78 is 0. The largest absolute Gasteiger partial charge is 0 e. The van der Waals surface area contributed by atoms with E-state index >= 15 is 0 Å². The Bertz CT molecular complexity index is 9.61. The van der Waals surface area contributed by atoms with Crippen molar-refractivity contribution in [2.24, 2.45) is 0 Å². The van der Waals surface area contributed by atoms with Gasteiger partial charge >= 0.3 is 0 Å². The summed E-state index contributed by atoms with van der Waals surface area (Å²) in [4.78, 5) is 0. The predicted molar refractivity (Wildman–Crippen MR) is 0 cm³/mol. The van der Waals surface area contributed by atoms with Crippen LogP contribution in [0.4, 0.5) is 0 Å². The van der Waals surface area contributed by atoms with Crippen molar-refractivity contribution in [3.63, 3.8) is 0 Å². The van der Waals surface area contributed by atoms with Crippen molar-refractivity contribution >= 4 is 0 Å². The van der Waals surface area contributed by atoms with Crippen LogP contribution < -0.4 is 0 Å². The summed E-state index contributed by atoms with van der Waals surface area (Å²) in [5.74, 6) is 0. The van der Waals surface area contributed by atoms with Gasteiger partial charge in [0, 0.05) is 135 Å². The zero-order chi connectivity index (χ0) is 0. The van der Waals surface area contributed by atoms with Crippen molar-refractivity contribution in [3.05, 3.63) is 0 Å². The average Bonchev–Trinajstić information content (AvgIpc) is 0. The molecule has 0 aromatic heterocycles. The molecule has 0 aromatic rings. The van der Waals surface area contributed by atoms with E-state index in [0.29, 0.717) is 0 Å². The maximum absolute atomic E-state index is 0. The van der Waals surface area contributed by atoms with Crippen LogP contribution in [0.3, 0.4) is 0 Å². The number of rotatable bonds is 0. The molecule has 0 aromatic carbocycles. The van der Waals surface area contributed by atoms with Crippen LogP contribution in [0.15, 0.2) is 0 Å². The van der Waals surface area contributed by atoms with Crippen LogP contribution in [0.5, 0.6) is 0 Å². The molecule has 0 aliphatic rings. The molecular formula is DyMo2NiTb. The van der Waals surface area contributed by atoms with Crippen molar-refractivity contribution in [3.8, 4) is 0 Å². The van der Waals surface area contributed by atoms with Crippen LogP contribution in [-0.4, -0.2) is 0 Å². The number of hydrogen-bond acceptors (Lipinski definition) is 0. The molecule has 0 N–H and O–H groups in total. The zero-order valence-corrected chi connectivity index (χ0v) is 11.0. The molecule has 1 radical (unpaired) electrons. The normalized spacial score (nSPS) is 0. The number of hydrogen-bond donors (Lipinski definition) is 0. The Kier molecular flexibility index (Phi) is 162. The minimum Gasteiger partial charge on any atom is 0 e. The van der Waals surface area contributed by atoms with Crippen LogP contribution in [0.25, 0.3) is 0 Å². The summed E-state index contributed by atoms with van der Waals surface area (Å²) in [5.41, 5.74) is 0. The van der Waals surface area contributed by atoms with Gasteiger partial charge in [0.05, 0.1) is 0 Å². The van der Waals surface area contributed by atoms with E-state index in [4.69, 9.17) is 0 Å². The molecule has 0 nitrogen and oxygen atoms in total. The molecule has 0 rings (SSSR count). The third kappa shape index (κ3) is 17.8. The molecule has 41 valence electrons. The van der Waals surface area contributed by atoms with Gasteiger partial charge in [0.2, 0.25) is 0 Å². The van der Waals surface area contributed by atoms with E-state index in [9.17, 15) is 0 Å². The Hall–Kier alpha value is 4.43. The Morgan fingerprint density at radius 3 is 0.800 bits per heavy atom. The van der Waals surface area contributed by atoms with Gasteiger partial charge in [-0.1, -0.05) is 0 Å². The SMILES string of the molecule is [Dy].[Mo].[Mo].[Ni].[Tb]. The molecule has 0 spiro atoms. The van der Waals surface area contributed by atoms with Gasteiger partial charge in [0.25, 0.3) is 0 Å². The van der Waals surface area contributed by atoms with E-state index in [1.807, 2.05) is 0 Å². The Labute approximate surface area is 132 Å². The molecule has 0 unspecified atom stereocenters. The predicted octanol–water partition coefficient (Wildman–Crippen LogP) is -0.00750. The summed E-state index contributed by atoms with van der Waals surface area (Å²) in [7, 11) is 0. The van der Waals surface area contributed by atoms with Crippen molar-refractivity contribution in [2.45, 2.75) is 0 Å². The van der Waals surface area contributed by atoms with Gasteiger partial charge in [-0.3, -0.25) is 0 Å². The molecule has 0 bridgehead atoms. The molecule has 5 heavy (non-hydrogen) atoms. The third-order valence-electron chi connectivity index (χ3n) is 0. The van der Waals surface area contributed by atoms with Gasteiger partial charge in [0.1, 0.15) is 0 Å². The molecule has 0 aliphatic carbocycles. The van der Waals surface area contributed by atoms with E-state index in [2.05, 4.69) is 0 Å². The maximum Gasteiger partial charge on any atom is 0 e. The van der Waals surface area contributed by atoms with Gasteiger partial charge in [-0.05, 0) is 0 Å². The van der Waals surface area contributed by atoms with Crippen LogP contribution >= 0.6 is 0 Å². The van der Waals surface area contributed by atoms with E-state index in [-0.39, 0.29) is 135 Å². The quantitative estimate of drug-likeness (QED) is 0.359. The Morgan fingerprint density at radius 1 is 0.800 bits per heavy atom. The van der Waals surface area contributed by atoms with Gasteiger partial charge in [-0.25, -0.2) is 0 Å². The van der Waals surface area contributed by atoms with Gasteiger partial charge in [0.15, 0.2) is 0 Å². The smallest absolute Gasteiger partial charge is 0 e. The maximum atomic E-state index is 0. The summed E-state index contributed by atoms with van der Waals surface area (Å²) in [6.45, 7) is 0. The topological polar surface area (TPSA) is 0 Å². The summed E-state index contributed by atoms with van der Waals surface area (Å²) in [6, 6.07) is 0. The molecule has 0 saturated heterocycles. The first-order valence-corrected chi connectivity index (χ1v) is 0. The Balaban J connectivity index is 0. The molecule has 5 heteroatoms. The fraction of sp³-hybridized carbons (Fsp3) is 0. The van der Waals surface area contributed by atoms with Gasteiger partial charge in [-0.2, -0.15) is 0 Å². The molecule has 0 saturated carbocycles. The van der Waals surface area contributed by atoms with Crippen LogP contribution in [0, 0.1) is 76.8 Å². The fourth-order valence-electron chi connectivity index (χ4n) is 0. The standard InChI is InChI=1S/Dy.2Mo.Ni.Tb. The van der Waals surface area contributed by atoms with Crippen molar-refractivity contribution < 1.29 is 135 Å². The second-order valence-electron chi connectivity index (χ2n) is 0. The molecular weight excluding hydrogens is 572 g/mol. The summed E-state index contributed by atoms with van der Waals surface area (Å²) in [6.07, 6.45) is 0. The van der Waals surface area contributed by atoms with Gasteiger partial charge in [-0.15, -0.1) is 0 Å². The van der Waals surface area contributed by atoms with E-state index < -0.39 is 0 Å². The van der Waals surface area contributed by atoms with Crippen molar-refractivity contribution in [2.75, 3.05) is 0 Å². The minimum atomic E-state index is 0. The van der Waals surface area contributed by atoms with E-state index in [0.717, 1.165) is 0 Å². The Morgan fingerprint density at radius 2 is 0.800 bits per heavy atom. The van der Waals surface area contributed by atoms with Crippen LogP contribution in [-0.2, 0) is 58.6 Å². The zero-order valence-electron chi connectivity index (χ0n) is 1.78. The van der Waals surface area contributed by atoms with Gasteiger partial charge < -0.3 is 0 Å². The molecule has 0 aliphatic heterocycles. The molecule has 0 fully saturated rings. The first kappa shape index (κ1) is 34.2. The second kappa shape index (κ2) is 23.7. The molecule has 0 heterocycles. The minimum absolute atomic E-state index is 0. The average molecular weight is 572 g/mol. The molecule has 0 atom stereocenters. The van der Waals surface area contributed by atoms with Crippen molar-refractivity contribution in [1.29, 1.82) is 0 Å². The van der Waals surface area contributed by atoms with E-state index in [1.165, 1.54) is 0 Å². The van der Waals surface area contributed by atoms with Crippen LogP contribution in [0.2, 0.25) is 0 Å². The fourth-order valence-corrected chi connectivity index (χ4v) is 0.